The van der Waals surface area contributed by atoms with Gasteiger partial charge in [-0.25, -0.2) is 4.98 Å². The first-order valence-electron chi connectivity index (χ1n) is 6.21. The number of nitrogens with two attached hydrogens (primary N) is 1. The quantitative estimate of drug-likeness (QED) is 0.612. The van der Waals surface area contributed by atoms with Crippen LogP contribution in [0.25, 0.3) is 0 Å². The molecule has 0 amide bonds. The largest absolute Gasteiger partial charge is 0.368 e. The first-order chi connectivity index (χ1) is 8.99. The zero-order valence-corrected chi connectivity index (χ0v) is 11.1. The normalized spacial score (nSPS) is 19.6. The van der Waals surface area contributed by atoms with E-state index in [-0.39, 0.29) is 23.1 Å². The van der Waals surface area contributed by atoms with Crippen molar-refractivity contribution in [2.75, 3.05) is 31.2 Å². The number of nitrogens with zero attached hydrogens (tertiary/aromatic N) is 4. The second-order valence-electron chi connectivity index (χ2n) is 4.78. The molecule has 1 aliphatic heterocycles. The van der Waals surface area contributed by atoms with Crippen molar-refractivity contribution in [2.24, 2.45) is 0 Å². The van der Waals surface area contributed by atoms with Crippen molar-refractivity contribution >= 4 is 17.5 Å². The summed E-state index contributed by atoms with van der Waals surface area (Å²) >= 11 is 0. The lowest BCUT2D eigenvalue weighted by Crippen LogP contribution is -2.32. The molecule has 1 unspecified atom stereocenters. The maximum atomic E-state index is 11.0. The Morgan fingerprint density at radius 2 is 2.32 bits per heavy atom. The van der Waals surface area contributed by atoms with Gasteiger partial charge in [0.1, 0.15) is 5.69 Å². The van der Waals surface area contributed by atoms with Gasteiger partial charge < -0.3 is 16.0 Å². The molecular weight excluding hydrogens is 248 g/mol. The molecule has 0 saturated carbocycles. The molecule has 0 aliphatic carbocycles. The Labute approximate surface area is 111 Å². The minimum absolute atomic E-state index is 0.0466. The molecule has 0 spiro atoms. The summed E-state index contributed by atoms with van der Waals surface area (Å²) in [5.74, 6) is 0.251. The van der Waals surface area contributed by atoms with E-state index in [1.54, 1.807) is 6.92 Å². The number of anilines is 2. The first kappa shape index (κ1) is 13.5. The molecule has 1 aliphatic rings. The number of likely N-dealkylation sites (tertiary alicyclic amines) is 1. The van der Waals surface area contributed by atoms with Crippen molar-refractivity contribution in [1.29, 1.82) is 0 Å². The zero-order valence-electron chi connectivity index (χ0n) is 11.1. The van der Waals surface area contributed by atoms with Crippen LogP contribution in [-0.2, 0) is 0 Å². The Hall–Kier alpha value is -1.96. The summed E-state index contributed by atoms with van der Waals surface area (Å²) in [4.78, 5) is 20.6. The molecule has 1 aromatic heterocycles. The van der Waals surface area contributed by atoms with Crippen molar-refractivity contribution in [1.82, 2.24) is 14.9 Å². The fourth-order valence-corrected chi connectivity index (χ4v) is 2.38. The average Bonchev–Trinajstić information content (AvgIpc) is 2.70. The lowest BCUT2D eigenvalue weighted by Gasteiger charge is -2.20. The lowest BCUT2D eigenvalue weighted by atomic mass is 10.2. The van der Waals surface area contributed by atoms with Crippen LogP contribution in [0.4, 0.5) is 17.5 Å². The number of rotatable bonds is 4. The molecule has 8 nitrogen and oxygen atoms in total. The molecule has 1 saturated heterocycles. The summed E-state index contributed by atoms with van der Waals surface area (Å²) < 4.78 is 0. The molecule has 0 radical (unpaired) electrons. The topological polar surface area (TPSA) is 110 Å². The molecule has 1 atom stereocenters. The lowest BCUT2D eigenvalue weighted by molar-refractivity contribution is -0.385. The third kappa shape index (κ3) is 2.90. The Balaban J connectivity index is 2.17. The van der Waals surface area contributed by atoms with Gasteiger partial charge in [0, 0.05) is 12.6 Å². The highest BCUT2D eigenvalue weighted by atomic mass is 16.6. The van der Waals surface area contributed by atoms with Crippen LogP contribution in [-0.4, -0.2) is 46.0 Å². The van der Waals surface area contributed by atoms with Gasteiger partial charge in [-0.15, -0.1) is 0 Å². The predicted molar refractivity (Wildman–Crippen MR) is 72.0 cm³/mol. The van der Waals surface area contributed by atoms with Crippen molar-refractivity contribution in [3.05, 3.63) is 15.8 Å². The highest BCUT2D eigenvalue weighted by Gasteiger charge is 2.24. The average molecular weight is 266 g/mol. The number of nitrogen functional groups attached to an aromatic ring is 1. The van der Waals surface area contributed by atoms with E-state index in [2.05, 4.69) is 20.2 Å². The minimum atomic E-state index is -0.477. The standard InChI is InChI=1S/C11H18N6O2/c1-7-9(17(18)19)10(15-11(12)14-7)13-6-8-4-3-5-16(8)2/h8H,3-6H2,1-2H3,(H3,12,13,14,15). The van der Waals surface area contributed by atoms with E-state index in [4.69, 9.17) is 5.73 Å². The minimum Gasteiger partial charge on any atom is -0.368 e. The molecule has 104 valence electrons. The van der Waals surface area contributed by atoms with E-state index in [0.717, 1.165) is 19.4 Å². The van der Waals surface area contributed by atoms with Crippen LogP contribution in [0.1, 0.15) is 18.5 Å². The highest BCUT2D eigenvalue weighted by molar-refractivity contribution is 5.60. The Kier molecular flexibility index (Phi) is 3.79. The summed E-state index contributed by atoms with van der Waals surface area (Å²) in [5, 5.41) is 14.1. The van der Waals surface area contributed by atoms with Crippen LogP contribution >= 0.6 is 0 Å². The molecule has 1 aromatic rings. The van der Waals surface area contributed by atoms with Crippen LogP contribution in [0.15, 0.2) is 0 Å². The van der Waals surface area contributed by atoms with E-state index in [1.165, 1.54) is 0 Å². The van der Waals surface area contributed by atoms with E-state index in [9.17, 15) is 10.1 Å². The summed E-state index contributed by atoms with van der Waals surface area (Å²) in [7, 11) is 2.05. The van der Waals surface area contributed by atoms with Gasteiger partial charge in [-0.1, -0.05) is 0 Å². The maximum Gasteiger partial charge on any atom is 0.332 e. The van der Waals surface area contributed by atoms with Gasteiger partial charge in [-0.3, -0.25) is 10.1 Å². The maximum absolute atomic E-state index is 11.0. The molecule has 3 N–H and O–H groups in total. The summed E-state index contributed by atoms with van der Waals surface area (Å²) in [6.07, 6.45) is 2.23. The second kappa shape index (κ2) is 5.35. The molecule has 2 heterocycles. The van der Waals surface area contributed by atoms with Gasteiger partial charge in [-0.2, -0.15) is 4.98 Å². The van der Waals surface area contributed by atoms with Gasteiger partial charge in [0.2, 0.25) is 11.8 Å². The van der Waals surface area contributed by atoms with E-state index in [0.29, 0.717) is 12.6 Å². The summed E-state index contributed by atoms with van der Waals surface area (Å²) in [6, 6.07) is 0.371. The van der Waals surface area contributed by atoms with Crippen LogP contribution in [0.2, 0.25) is 0 Å². The molecular formula is C11H18N6O2. The molecule has 8 heteroatoms. The van der Waals surface area contributed by atoms with Gasteiger partial charge in [-0.05, 0) is 33.4 Å². The van der Waals surface area contributed by atoms with E-state index < -0.39 is 4.92 Å². The number of aryl methyl sites for hydroxylation is 1. The molecule has 2 rings (SSSR count). The van der Waals surface area contributed by atoms with Crippen molar-refractivity contribution < 1.29 is 4.92 Å². The van der Waals surface area contributed by atoms with E-state index >= 15 is 0 Å². The molecule has 0 bridgehead atoms. The monoisotopic (exact) mass is 266 g/mol. The number of likely N-dealkylation sites (N-methyl/N-ethyl adjacent to an activating group) is 1. The van der Waals surface area contributed by atoms with Crippen molar-refractivity contribution in [3.8, 4) is 0 Å². The number of nitro groups is 1. The molecule has 19 heavy (non-hydrogen) atoms. The van der Waals surface area contributed by atoms with Gasteiger partial charge in [0.25, 0.3) is 0 Å². The third-order valence-electron chi connectivity index (χ3n) is 3.43. The number of aromatic nitrogens is 2. The van der Waals surface area contributed by atoms with Crippen LogP contribution < -0.4 is 11.1 Å². The Morgan fingerprint density at radius 1 is 1.58 bits per heavy atom. The Morgan fingerprint density at radius 3 is 2.89 bits per heavy atom. The number of hydrogen-bond acceptors (Lipinski definition) is 7. The number of nitrogens with one attached hydrogen (secondary N) is 1. The first-order valence-corrected chi connectivity index (χ1v) is 6.21. The smallest absolute Gasteiger partial charge is 0.332 e. The second-order valence-corrected chi connectivity index (χ2v) is 4.78. The van der Waals surface area contributed by atoms with Crippen molar-refractivity contribution in [2.45, 2.75) is 25.8 Å². The number of hydrogen-bond donors (Lipinski definition) is 2. The van der Waals surface area contributed by atoms with Crippen molar-refractivity contribution in [3.63, 3.8) is 0 Å². The predicted octanol–water partition coefficient (Wildman–Crippen LogP) is 0.782. The fraction of sp³-hybridized carbons (Fsp3) is 0.636. The van der Waals surface area contributed by atoms with Gasteiger partial charge >= 0.3 is 5.69 Å². The van der Waals surface area contributed by atoms with Gasteiger partial charge in [0.15, 0.2) is 0 Å². The van der Waals surface area contributed by atoms with Gasteiger partial charge in [0.05, 0.1) is 4.92 Å². The zero-order chi connectivity index (χ0) is 14.0. The van der Waals surface area contributed by atoms with Crippen LogP contribution in [0.5, 0.6) is 0 Å². The van der Waals surface area contributed by atoms with Crippen LogP contribution in [0.3, 0.4) is 0 Å². The summed E-state index contributed by atoms with van der Waals surface area (Å²) in [6.45, 7) is 3.23. The third-order valence-corrected chi connectivity index (χ3v) is 3.43. The molecule has 1 fully saturated rings. The summed E-state index contributed by atoms with van der Waals surface area (Å²) in [5.41, 5.74) is 5.72. The SMILES string of the molecule is Cc1nc(N)nc(NCC2CCCN2C)c1[N+](=O)[O-]. The Bertz CT molecular complexity index is 492. The highest BCUT2D eigenvalue weighted by Crippen LogP contribution is 2.26. The van der Waals surface area contributed by atoms with E-state index in [1.807, 2.05) is 7.05 Å². The van der Waals surface area contributed by atoms with Crippen LogP contribution in [0, 0.1) is 17.0 Å². The fourth-order valence-electron chi connectivity index (χ4n) is 2.38. The molecule has 0 aromatic carbocycles.